The smallest absolute Gasteiger partial charge is 0.257 e. The van der Waals surface area contributed by atoms with E-state index in [-0.39, 0.29) is 11.8 Å². The monoisotopic (exact) mass is 442 g/mol. The lowest BCUT2D eigenvalue weighted by atomic mass is 9.89. The van der Waals surface area contributed by atoms with Crippen LogP contribution >= 0.6 is 0 Å². The zero-order valence-electron chi connectivity index (χ0n) is 19.4. The van der Waals surface area contributed by atoms with Crippen LogP contribution in [0, 0.1) is 6.92 Å². The van der Waals surface area contributed by atoms with Crippen molar-refractivity contribution in [3.8, 4) is 0 Å². The van der Waals surface area contributed by atoms with E-state index in [9.17, 15) is 9.59 Å². The average molecular weight is 443 g/mol. The van der Waals surface area contributed by atoms with E-state index < -0.39 is 0 Å². The predicted octanol–water partition coefficient (Wildman–Crippen LogP) is 4.73. The highest BCUT2D eigenvalue weighted by molar-refractivity contribution is 6.05. The molecule has 0 atom stereocenters. The van der Waals surface area contributed by atoms with Crippen LogP contribution in [0.2, 0.25) is 0 Å². The maximum absolute atomic E-state index is 13.2. The molecule has 0 spiro atoms. The van der Waals surface area contributed by atoms with Crippen LogP contribution in [0.5, 0.6) is 0 Å². The third kappa shape index (κ3) is 5.22. The molecule has 1 N–H and O–H groups in total. The number of hydrogen-bond acceptors (Lipinski definition) is 4. The summed E-state index contributed by atoms with van der Waals surface area (Å²) >= 11 is 0. The molecule has 6 heteroatoms. The number of piperidine rings is 1. The highest BCUT2D eigenvalue weighted by Gasteiger charge is 2.25. The molecule has 1 aromatic heterocycles. The highest BCUT2D eigenvalue weighted by Crippen LogP contribution is 2.29. The van der Waals surface area contributed by atoms with Crippen LogP contribution in [-0.4, -0.2) is 48.9 Å². The fourth-order valence-corrected chi connectivity index (χ4v) is 4.19. The summed E-state index contributed by atoms with van der Waals surface area (Å²) in [5, 5.41) is 2.94. The van der Waals surface area contributed by atoms with Crippen molar-refractivity contribution in [1.82, 2.24) is 9.88 Å². The van der Waals surface area contributed by atoms with Gasteiger partial charge in [-0.25, -0.2) is 4.98 Å². The lowest BCUT2D eigenvalue weighted by Gasteiger charge is -2.32. The Morgan fingerprint density at radius 2 is 1.67 bits per heavy atom. The molecule has 1 aliphatic rings. The molecule has 0 aliphatic carbocycles. The fourth-order valence-electron chi connectivity index (χ4n) is 4.19. The predicted molar refractivity (Wildman–Crippen MR) is 132 cm³/mol. The van der Waals surface area contributed by atoms with Gasteiger partial charge in [-0.1, -0.05) is 36.4 Å². The Hall–Kier alpha value is -3.67. The summed E-state index contributed by atoms with van der Waals surface area (Å²) in [5.41, 5.74) is 3.95. The molecule has 0 radical (unpaired) electrons. The maximum atomic E-state index is 13.2. The summed E-state index contributed by atoms with van der Waals surface area (Å²) in [4.78, 5) is 34.0. The Morgan fingerprint density at radius 1 is 0.970 bits per heavy atom. The van der Waals surface area contributed by atoms with Gasteiger partial charge in [-0.3, -0.25) is 9.59 Å². The first kappa shape index (κ1) is 22.5. The molecule has 1 aliphatic heterocycles. The van der Waals surface area contributed by atoms with Gasteiger partial charge < -0.3 is 15.1 Å². The molecule has 1 fully saturated rings. The maximum Gasteiger partial charge on any atom is 0.257 e. The van der Waals surface area contributed by atoms with Gasteiger partial charge in [0.2, 0.25) is 0 Å². The molecular formula is C27H30N4O2. The Labute approximate surface area is 195 Å². The highest BCUT2D eigenvalue weighted by atomic mass is 16.2. The van der Waals surface area contributed by atoms with Crippen molar-refractivity contribution in [2.45, 2.75) is 25.7 Å². The van der Waals surface area contributed by atoms with E-state index in [0.717, 1.165) is 37.3 Å². The number of anilines is 2. The van der Waals surface area contributed by atoms with Crippen molar-refractivity contribution in [3.63, 3.8) is 0 Å². The molecule has 4 rings (SSSR count). The first-order valence-electron chi connectivity index (χ1n) is 11.3. The quantitative estimate of drug-likeness (QED) is 0.621. The lowest BCUT2D eigenvalue weighted by molar-refractivity contribution is 0.0712. The first-order chi connectivity index (χ1) is 15.9. The summed E-state index contributed by atoms with van der Waals surface area (Å²) < 4.78 is 0. The molecule has 0 unspecified atom stereocenters. The SMILES string of the molecule is Cc1ccc(C(=O)N2CCC(c3ccccc3)CC2)cc1NC(=O)c1ccc(N(C)C)nc1. The minimum absolute atomic E-state index is 0.00835. The van der Waals surface area contributed by atoms with Crippen LogP contribution in [0.4, 0.5) is 11.5 Å². The van der Waals surface area contributed by atoms with Crippen molar-refractivity contribution >= 4 is 23.3 Å². The number of nitrogens with zero attached hydrogens (tertiary/aromatic N) is 3. The molecular weight excluding hydrogens is 412 g/mol. The van der Waals surface area contributed by atoms with Gasteiger partial charge in [0.05, 0.1) is 5.56 Å². The van der Waals surface area contributed by atoms with Gasteiger partial charge in [-0.05, 0) is 61.1 Å². The number of carbonyl (C=O) groups excluding carboxylic acids is 2. The van der Waals surface area contributed by atoms with E-state index in [1.54, 1.807) is 24.4 Å². The van der Waals surface area contributed by atoms with E-state index >= 15 is 0 Å². The number of benzene rings is 2. The van der Waals surface area contributed by atoms with Gasteiger partial charge in [0.25, 0.3) is 11.8 Å². The molecule has 2 aromatic carbocycles. The largest absolute Gasteiger partial charge is 0.363 e. The van der Waals surface area contributed by atoms with E-state index in [0.29, 0.717) is 22.7 Å². The topological polar surface area (TPSA) is 65.5 Å². The van der Waals surface area contributed by atoms with Crippen LogP contribution in [0.25, 0.3) is 0 Å². The second-order valence-electron chi connectivity index (χ2n) is 8.76. The van der Waals surface area contributed by atoms with Crippen molar-refractivity contribution in [3.05, 3.63) is 89.1 Å². The zero-order valence-corrected chi connectivity index (χ0v) is 19.4. The van der Waals surface area contributed by atoms with E-state index in [1.165, 1.54) is 5.56 Å². The van der Waals surface area contributed by atoms with E-state index in [4.69, 9.17) is 0 Å². The summed E-state index contributed by atoms with van der Waals surface area (Å²) in [5.74, 6) is 1.04. The number of aromatic nitrogens is 1. The summed E-state index contributed by atoms with van der Waals surface area (Å²) in [7, 11) is 3.80. The Morgan fingerprint density at radius 3 is 2.30 bits per heavy atom. The van der Waals surface area contributed by atoms with Crippen LogP contribution in [0.1, 0.15) is 50.6 Å². The molecule has 0 bridgehead atoms. The van der Waals surface area contributed by atoms with Crippen LogP contribution < -0.4 is 10.2 Å². The summed E-state index contributed by atoms with van der Waals surface area (Å²) in [6, 6.07) is 19.6. The van der Waals surface area contributed by atoms with Crippen molar-refractivity contribution in [1.29, 1.82) is 0 Å². The average Bonchev–Trinajstić information content (AvgIpc) is 2.85. The number of rotatable bonds is 5. The Balaban J connectivity index is 1.42. The number of nitrogens with one attached hydrogen (secondary N) is 1. The fraction of sp³-hybridized carbons (Fsp3) is 0.296. The van der Waals surface area contributed by atoms with Crippen molar-refractivity contribution in [2.75, 3.05) is 37.4 Å². The zero-order chi connectivity index (χ0) is 23.4. The Kier molecular flexibility index (Phi) is 6.73. The van der Waals surface area contributed by atoms with Crippen LogP contribution in [0.15, 0.2) is 66.9 Å². The van der Waals surface area contributed by atoms with Crippen molar-refractivity contribution < 1.29 is 9.59 Å². The number of likely N-dealkylation sites (tertiary alicyclic amines) is 1. The van der Waals surface area contributed by atoms with Crippen molar-refractivity contribution in [2.24, 2.45) is 0 Å². The molecule has 33 heavy (non-hydrogen) atoms. The van der Waals surface area contributed by atoms with Gasteiger partial charge >= 0.3 is 0 Å². The molecule has 0 saturated carbocycles. The van der Waals surface area contributed by atoms with Gasteiger partial charge in [0.1, 0.15) is 5.82 Å². The molecule has 2 heterocycles. The first-order valence-corrected chi connectivity index (χ1v) is 11.3. The molecule has 6 nitrogen and oxygen atoms in total. The van der Waals surface area contributed by atoms with Gasteiger partial charge in [0, 0.05) is 44.6 Å². The second-order valence-corrected chi connectivity index (χ2v) is 8.76. The third-order valence-corrected chi connectivity index (χ3v) is 6.25. The standard InChI is InChI=1S/C27H30N4O2/c1-19-9-10-22(17-24(19)29-26(32)23-11-12-25(28-18-23)30(2)3)27(33)31-15-13-21(14-16-31)20-7-5-4-6-8-20/h4-12,17-18,21H,13-16H2,1-3H3,(H,29,32). The van der Waals surface area contributed by atoms with Gasteiger partial charge in [0.15, 0.2) is 0 Å². The normalized spacial score (nSPS) is 14.1. The number of aryl methyl sites for hydroxylation is 1. The van der Waals surface area contributed by atoms with Gasteiger partial charge in [-0.2, -0.15) is 0 Å². The number of hydrogen-bond donors (Lipinski definition) is 1. The summed E-state index contributed by atoms with van der Waals surface area (Å²) in [6.45, 7) is 3.39. The minimum atomic E-state index is -0.246. The number of amides is 2. The number of pyridine rings is 1. The number of carbonyl (C=O) groups is 2. The second kappa shape index (κ2) is 9.86. The molecule has 1 saturated heterocycles. The Bertz CT molecular complexity index is 1120. The van der Waals surface area contributed by atoms with E-state index in [2.05, 4.69) is 34.6 Å². The summed E-state index contributed by atoms with van der Waals surface area (Å²) in [6.07, 6.45) is 3.48. The minimum Gasteiger partial charge on any atom is -0.363 e. The van der Waals surface area contributed by atoms with Gasteiger partial charge in [-0.15, -0.1) is 0 Å². The molecule has 2 amide bonds. The van der Waals surface area contributed by atoms with Crippen LogP contribution in [0.3, 0.4) is 0 Å². The van der Waals surface area contributed by atoms with E-state index in [1.807, 2.05) is 49.0 Å². The molecule has 170 valence electrons. The lowest BCUT2D eigenvalue weighted by Crippen LogP contribution is -2.38. The van der Waals surface area contributed by atoms with Crippen LogP contribution in [-0.2, 0) is 0 Å². The third-order valence-electron chi connectivity index (χ3n) is 6.25. The molecule has 3 aromatic rings.